The van der Waals surface area contributed by atoms with Gasteiger partial charge in [0.25, 0.3) is 0 Å². The Labute approximate surface area is 130 Å². The summed E-state index contributed by atoms with van der Waals surface area (Å²) in [5.41, 5.74) is -0.319. The maximum absolute atomic E-state index is 11.9. The normalized spacial score (nSPS) is 24.5. The summed E-state index contributed by atoms with van der Waals surface area (Å²) >= 11 is 0. The van der Waals surface area contributed by atoms with Gasteiger partial charge in [-0.3, -0.25) is 4.79 Å². The molecule has 0 fully saturated rings. The van der Waals surface area contributed by atoms with Crippen molar-refractivity contribution in [1.29, 1.82) is 0 Å². The summed E-state index contributed by atoms with van der Waals surface area (Å²) < 4.78 is 17.6. The van der Waals surface area contributed by atoms with E-state index in [0.717, 1.165) is 0 Å². The minimum atomic E-state index is -1.88. The van der Waals surface area contributed by atoms with Crippen molar-refractivity contribution in [2.24, 2.45) is 0 Å². The summed E-state index contributed by atoms with van der Waals surface area (Å²) in [5.74, 6) is -0.0533. The second-order valence-corrected chi connectivity index (χ2v) is 12.9. The summed E-state index contributed by atoms with van der Waals surface area (Å²) in [7, 11) is -1.88. The highest BCUT2D eigenvalue weighted by molar-refractivity contribution is 6.74. The van der Waals surface area contributed by atoms with E-state index in [1.54, 1.807) is 12.2 Å². The first-order chi connectivity index (χ1) is 9.32. The second kappa shape index (κ2) is 6.32. The largest absolute Gasteiger partial charge is 0.414 e. The smallest absolute Gasteiger partial charge is 0.192 e. The number of hydrogen-bond donors (Lipinski definition) is 0. The molecule has 1 aliphatic rings. The molecule has 0 bridgehead atoms. The van der Waals surface area contributed by atoms with Crippen molar-refractivity contribution in [1.82, 2.24) is 0 Å². The lowest BCUT2D eigenvalue weighted by molar-refractivity contribution is -0.199. The van der Waals surface area contributed by atoms with Crippen molar-refractivity contribution in [2.45, 2.75) is 77.7 Å². The molecule has 0 aromatic carbocycles. The molecule has 0 aromatic heterocycles. The number of carbonyl (C=O) groups excluding carboxylic acids is 1. The number of carbonyl (C=O) groups is 1. The zero-order valence-corrected chi connectivity index (χ0v) is 15.6. The Morgan fingerprint density at radius 3 is 2.24 bits per heavy atom. The van der Waals surface area contributed by atoms with E-state index >= 15 is 0 Å². The van der Waals surface area contributed by atoms with Crippen LogP contribution in [0.1, 0.15) is 41.5 Å². The zero-order chi connectivity index (χ0) is 16.5. The van der Waals surface area contributed by atoms with Gasteiger partial charge in [0.1, 0.15) is 6.10 Å². The fraction of sp³-hybridized carbons (Fsp3) is 0.812. The van der Waals surface area contributed by atoms with E-state index < -0.39 is 20.7 Å². The molecule has 5 heteroatoms. The quantitative estimate of drug-likeness (QED) is 0.743. The van der Waals surface area contributed by atoms with Gasteiger partial charge < -0.3 is 13.9 Å². The number of ketones is 1. The molecule has 0 spiro atoms. The van der Waals surface area contributed by atoms with Gasteiger partial charge in [0.2, 0.25) is 0 Å². The van der Waals surface area contributed by atoms with Crippen molar-refractivity contribution >= 4 is 14.1 Å². The lowest BCUT2D eigenvalue weighted by atomic mass is 10.1. The van der Waals surface area contributed by atoms with Crippen molar-refractivity contribution in [3.8, 4) is 0 Å². The molecule has 0 N–H and O–H groups in total. The first-order valence-corrected chi connectivity index (χ1v) is 10.4. The topological polar surface area (TPSA) is 44.8 Å². The van der Waals surface area contributed by atoms with Crippen LogP contribution < -0.4 is 0 Å². The predicted molar refractivity (Wildman–Crippen MR) is 86.8 cm³/mol. The van der Waals surface area contributed by atoms with Crippen LogP contribution in [-0.2, 0) is 18.7 Å². The molecule has 0 radical (unpaired) electrons. The molecule has 1 rings (SSSR count). The Kier molecular flexibility index (Phi) is 5.59. The Hall–Kier alpha value is -0.493. The van der Waals surface area contributed by atoms with Gasteiger partial charge >= 0.3 is 0 Å². The first-order valence-electron chi connectivity index (χ1n) is 7.51. The van der Waals surface area contributed by atoms with Crippen LogP contribution in [0.2, 0.25) is 18.1 Å². The van der Waals surface area contributed by atoms with E-state index in [1.807, 2.05) is 20.8 Å². The fourth-order valence-corrected chi connectivity index (χ4v) is 2.59. The molecule has 1 heterocycles. The molecule has 2 atom stereocenters. The minimum absolute atomic E-state index is 0.0533. The molecular weight excluding hydrogens is 284 g/mol. The molecule has 0 aliphatic carbocycles. The van der Waals surface area contributed by atoms with Crippen molar-refractivity contribution < 1.29 is 18.7 Å². The SMILES string of the molecule is CC(C)(C)O[C@@H]1C=CC(=O)[C@H](CO[Si](C)(C)C(C)(C)C)O1. The van der Waals surface area contributed by atoms with Crippen LogP contribution in [0, 0.1) is 0 Å². The summed E-state index contributed by atoms with van der Waals surface area (Å²) in [6, 6.07) is 0. The van der Waals surface area contributed by atoms with Crippen LogP contribution >= 0.6 is 0 Å². The fourth-order valence-electron chi connectivity index (χ4n) is 1.59. The first kappa shape index (κ1) is 18.6. The van der Waals surface area contributed by atoms with Gasteiger partial charge in [-0.05, 0) is 51.1 Å². The van der Waals surface area contributed by atoms with Gasteiger partial charge in [0, 0.05) is 0 Å². The predicted octanol–water partition coefficient (Wildman–Crippen LogP) is 3.67. The van der Waals surface area contributed by atoms with Gasteiger partial charge in [-0.15, -0.1) is 0 Å². The molecule has 4 nitrogen and oxygen atoms in total. The molecule has 0 amide bonds. The summed E-state index contributed by atoms with van der Waals surface area (Å²) in [4.78, 5) is 11.9. The van der Waals surface area contributed by atoms with Gasteiger partial charge in [-0.2, -0.15) is 0 Å². The lowest BCUT2D eigenvalue weighted by Crippen LogP contribution is -2.46. The van der Waals surface area contributed by atoms with Gasteiger partial charge in [-0.25, -0.2) is 0 Å². The molecule has 0 unspecified atom stereocenters. The van der Waals surface area contributed by atoms with E-state index in [2.05, 4.69) is 33.9 Å². The third-order valence-electron chi connectivity index (χ3n) is 3.90. The highest BCUT2D eigenvalue weighted by Gasteiger charge is 2.39. The third-order valence-corrected chi connectivity index (χ3v) is 8.41. The van der Waals surface area contributed by atoms with Crippen LogP contribution in [0.15, 0.2) is 12.2 Å². The average Bonchev–Trinajstić information content (AvgIpc) is 2.26. The monoisotopic (exact) mass is 314 g/mol. The molecule has 1 aliphatic heterocycles. The maximum Gasteiger partial charge on any atom is 0.192 e. The molecule has 122 valence electrons. The highest BCUT2D eigenvalue weighted by Crippen LogP contribution is 2.36. The standard InChI is InChI=1S/C16H30O4Si/c1-15(2,3)20-14-10-9-12(17)13(19-14)11-18-21(7,8)16(4,5)6/h9-10,13-14H,11H2,1-8H3/t13-,14+/m0/s1. The van der Waals surface area contributed by atoms with E-state index in [9.17, 15) is 4.79 Å². The lowest BCUT2D eigenvalue weighted by Gasteiger charge is -2.38. The van der Waals surface area contributed by atoms with Crippen molar-refractivity contribution in [3.05, 3.63) is 12.2 Å². The Balaban J connectivity index is 2.64. The van der Waals surface area contributed by atoms with E-state index in [1.165, 1.54) is 0 Å². The maximum atomic E-state index is 11.9. The Morgan fingerprint density at radius 2 is 1.76 bits per heavy atom. The van der Waals surface area contributed by atoms with Crippen LogP contribution in [0.3, 0.4) is 0 Å². The van der Waals surface area contributed by atoms with Crippen LogP contribution in [0.4, 0.5) is 0 Å². The molecule has 21 heavy (non-hydrogen) atoms. The van der Waals surface area contributed by atoms with E-state index in [4.69, 9.17) is 13.9 Å². The highest BCUT2D eigenvalue weighted by atomic mass is 28.4. The molecule has 0 saturated carbocycles. The number of ether oxygens (including phenoxy) is 2. The molecule has 0 aromatic rings. The van der Waals surface area contributed by atoms with Crippen molar-refractivity contribution in [2.75, 3.05) is 6.61 Å². The number of rotatable bonds is 4. The summed E-state index contributed by atoms with van der Waals surface area (Å²) in [6.07, 6.45) is 2.14. The van der Waals surface area contributed by atoms with E-state index in [-0.39, 0.29) is 16.4 Å². The average molecular weight is 314 g/mol. The third kappa shape index (κ3) is 5.66. The molecular formula is C16H30O4Si. The minimum Gasteiger partial charge on any atom is -0.414 e. The Morgan fingerprint density at radius 1 is 1.19 bits per heavy atom. The van der Waals surface area contributed by atoms with E-state index in [0.29, 0.717) is 6.61 Å². The van der Waals surface area contributed by atoms with Crippen LogP contribution in [-0.4, -0.2) is 38.7 Å². The van der Waals surface area contributed by atoms with Crippen molar-refractivity contribution in [3.63, 3.8) is 0 Å². The second-order valence-electron chi connectivity index (χ2n) is 8.06. The summed E-state index contributed by atoms with van der Waals surface area (Å²) in [6.45, 7) is 17.0. The van der Waals surface area contributed by atoms with Gasteiger partial charge in [0.15, 0.2) is 20.4 Å². The zero-order valence-electron chi connectivity index (χ0n) is 14.6. The number of hydrogen-bond acceptors (Lipinski definition) is 4. The Bertz CT molecular complexity index is 401. The summed E-state index contributed by atoms with van der Waals surface area (Å²) in [5, 5.41) is 0.113. The van der Waals surface area contributed by atoms with Gasteiger partial charge in [0.05, 0.1) is 12.2 Å². The van der Waals surface area contributed by atoms with Gasteiger partial charge in [-0.1, -0.05) is 20.8 Å². The van der Waals surface area contributed by atoms with Crippen LogP contribution in [0.5, 0.6) is 0 Å². The molecule has 0 saturated heterocycles. The van der Waals surface area contributed by atoms with Crippen LogP contribution in [0.25, 0.3) is 0 Å².